The second-order valence-corrected chi connectivity index (χ2v) is 9.62. The zero-order chi connectivity index (χ0) is 24.9. The Morgan fingerprint density at radius 1 is 1.00 bits per heavy atom. The van der Waals surface area contributed by atoms with Crippen LogP contribution < -0.4 is 9.47 Å². The number of hydrogen-bond acceptors (Lipinski definition) is 3. The number of para-hydroxylation sites is 1. The van der Waals surface area contributed by atoms with Crippen molar-refractivity contribution in [3.63, 3.8) is 0 Å². The number of nitrogens with one attached hydrogen (secondary N) is 1. The van der Waals surface area contributed by atoms with Crippen LogP contribution in [0, 0.1) is 0 Å². The number of hydrogen-bond donors (Lipinski definition) is 1. The number of amides is 1. The fourth-order valence-electron chi connectivity index (χ4n) is 5.24. The van der Waals surface area contributed by atoms with Crippen molar-refractivity contribution in [2.24, 2.45) is 0 Å². The Balaban J connectivity index is 1.38. The summed E-state index contributed by atoms with van der Waals surface area (Å²) < 4.78 is 13.7. The van der Waals surface area contributed by atoms with Crippen molar-refractivity contribution in [3.05, 3.63) is 77.9 Å². The monoisotopic (exact) mass is 485 g/mol. The molecule has 5 rings (SSSR count). The Kier molecular flexibility index (Phi) is 7.31. The average Bonchev–Trinajstić information content (AvgIpc) is 2.92. The Morgan fingerprint density at radius 3 is 2.56 bits per heavy atom. The molecular weight excluding hydrogens is 450 g/mol. The lowest BCUT2D eigenvalue weighted by Crippen LogP contribution is -2.42. The van der Waals surface area contributed by atoms with Gasteiger partial charge in [0, 0.05) is 18.7 Å². The normalized spacial score (nSPS) is 14.2. The molecule has 0 bridgehead atoms. The highest BCUT2D eigenvalue weighted by Gasteiger charge is 2.27. The van der Waals surface area contributed by atoms with E-state index in [0.29, 0.717) is 23.9 Å². The quantitative estimate of drug-likeness (QED) is 0.278. The molecule has 0 spiro atoms. The van der Waals surface area contributed by atoms with E-state index in [0.717, 1.165) is 53.9 Å². The number of fused-ring (bicyclic) bond motifs is 1. The fraction of sp³-hybridized carbons (Fsp3) is 0.367. The third-order valence-corrected chi connectivity index (χ3v) is 7.07. The molecule has 1 saturated carbocycles. The molecule has 6 nitrogen and oxygen atoms in total. The second-order valence-electron chi connectivity index (χ2n) is 9.62. The van der Waals surface area contributed by atoms with Crippen LogP contribution in [0.1, 0.15) is 61.4 Å². The molecule has 0 unspecified atom stereocenters. The minimum absolute atomic E-state index is 0.0815. The minimum atomic E-state index is 0.0815. The third-order valence-electron chi connectivity index (χ3n) is 7.07. The Bertz CT molecular complexity index is 1300. The van der Waals surface area contributed by atoms with E-state index in [2.05, 4.69) is 21.6 Å². The standard InChI is InChI=1S/C30H35N3O3/c1-3-18-32(23-10-6-4-7-11-23)30(34)26-19-22(14-17-29(26)35-2)21-33-28-20-25(15-16-27(28)31-33)36-24-12-8-5-9-13-24/h5,8-9,12-17,19-20,23,31H,3-4,6-7,10-11,18,21H2,1-2H3. The van der Waals surface area contributed by atoms with Gasteiger partial charge in [0.1, 0.15) is 17.2 Å². The summed E-state index contributed by atoms with van der Waals surface area (Å²) in [6.45, 7) is 3.55. The van der Waals surface area contributed by atoms with Gasteiger partial charge in [-0.05, 0) is 61.2 Å². The summed E-state index contributed by atoms with van der Waals surface area (Å²) in [4.78, 5) is 15.8. The van der Waals surface area contributed by atoms with Crippen molar-refractivity contribution in [2.75, 3.05) is 13.7 Å². The maximum absolute atomic E-state index is 13.8. The van der Waals surface area contributed by atoms with Crippen molar-refractivity contribution in [3.8, 4) is 17.2 Å². The maximum Gasteiger partial charge on any atom is 0.257 e. The second kappa shape index (κ2) is 10.9. The van der Waals surface area contributed by atoms with Crippen LogP contribution in [0.4, 0.5) is 0 Å². The average molecular weight is 486 g/mol. The van der Waals surface area contributed by atoms with Gasteiger partial charge in [-0.25, -0.2) is 0 Å². The number of aromatic amines is 1. The zero-order valence-electron chi connectivity index (χ0n) is 21.2. The largest absolute Gasteiger partial charge is 0.496 e. The van der Waals surface area contributed by atoms with Gasteiger partial charge in [-0.3, -0.25) is 14.6 Å². The molecule has 1 amide bonds. The number of methoxy groups -OCH3 is 1. The molecular formula is C30H35N3O3. The number of aromatic nitrogens is 2. The Hall–Kier alpha value is -3.67. The van der Waals surface area contributed by atoms with Crippen LogP contribution in [0.15, 0.2) is 66.7 Å². The molecule has 1 fully saturated rings. The van der Waals surface area contributed by atoms with E-state index in [9.17, 15) is 4.79 Å². The van der Waals surface area contributed by atoms with Crippen LogP contribution in [0.5, 0.6) is 17.2 Å². The van der Waals surface area contributed by atoms with E-state index in [4.69, 9.17) is 9.47 Å². The maximum atomic E-state index is 13.8. The van der Waals surface area contributed by atoms with Crippen LogP contribution in [-0.2, 0) is 6.54 Å². The smallest absolute Gasteiger partial charge is 0.257 e. The third kappa shape index (κ3) is 5.13. The summed E-state index contributed by atoms with van der Waals surface area (Å²) in [5.41, 5.74) is 3.83. The van der Waals surface area contributed by atoms with Gasteiger partial charge in [-0.2, -0.15) is 0 Å². The highest BCUT2D eigenvalue weighted by atomic mass is 16.5. The molecule has 0 aliphatic heterocycles. The van der Waals surface area contributed by atoms with E-state index in [-0.39, 0.29) is 5.91 Å². The van der Waals surface area contributed by atoms with E-state index >= 15 is 0 Å². The number of benzene rings is 3. The van der Waals surface area contributed by atoms with Gasteiger partial charge in [0.05, 0.1) is 30.3 Å². The minimum Gasteiger partial charge on any atom is -0.496 e. The van der Waals surface area contributed by atoms with Crippen LogP contribution in [0.2, 0.25) is 0 Å². The molecule has 1 aliphatic rings. The molecule has 1 aliphatic carbocycles. The van der Waals surface area contributed by atoms with E-state index in [1.165, 1.54) is 19.3 Å². The van der Waals surface area contributed by atoms with E-state index in [1.54, 1.807) is 7.11 Å². The summed E-state index contributed by atoms with van der Waals surface area (Å²) in [6.07, 6.45) is 6.81. The van der Waals surface area contributed by atoms with Gasteiger partial charge in [0.15, 0.2) is 0 Å². The van der Waals surface area contributed by atoms with Crippen LogP contribution in [0.25, 0.3) is 11.0 Å². The van der Waals surface area contributed by atoms with Gasteiger partial charge in [0.2, 0.25) is 0 Å². The summed E-state index contributed by atoms with van der Waals surface area (Å²) >= 11 is 0. The molecule has 0 saturated heterocycles. The summed E-state index contributed by atoms with van der Waals surface area (Å²) in [6, 6.07) is 22.1. The molecule has 0 radical (unpaired) electrons. The van der Waals surface area contributed by atoms with Crippen molar-refractivity contribution >= 4 is 16.9 Å². The number of ether oxygens (including phenoxy) is 2. The molecule has 4 aromatic rings. The van der Waals surface area contributed by atoms with E-state index < -0.39 is 0 Å². The first-order valence-electron chi connectivity index (χ1n) is 13.1. The SMILES string of the molecule is CCCN(C(=O)c1cc(Cn2[nH]c3ccc(Oc4ccccc4)cc32)ccc1OC)C1CCCCC1. The predicted molar refractivity (Wildman–Crippen MR) is 143 cm³/mol. The van der Waals surface area contributed by atoms with Crippen LogP contribution >= 0.6 is 0 Å². The number of nitrogens with zero attached hydrogens (tertiary/aromatic N) is 2. The fourth-order valence-corrected chi connectivity index (χ4v) is 5.24. The summed E-state index contributed by atoms with van der Waals surface area (Å²) in [5.74, 6) is 2.32. The highest BCUT2D eigenvalue weighted by Crippen LogP contribution is 2.30. The van der Waals surface area contributed by atoms with Gasteiger partial charge in [0.25, 0.3) is 5.91 Å². The zero-order valence-corrected chi connectivity index (χ0v) is 21.2. The Morgan fingerprint density at radius 2 is 1.81 bits per heavy atom. The van der Waals surface area contributed by atoms with E-state index in [1.807, 2.05) is 66.7 Å². The topological polar surface area (TPSA) is 59.5 Å². The number of carbonyl (C=O) groups is 1. The molecule has 0 atom stereocenters. The number of carbonyl (C=O) groups excluding carboxylic acids is 1. The molecule has 1 aromatic heterocycles. The Labute approximate surface area is 212 Å². The predicted octanol–water partition coefficient (Wildman–Crippen LogP) is 7.00. The van der Waals surface area contributed by atoms with Crippen LogP contribution in [-0.4, -0.2) is 40.3 Å². The van der Waals surface area contributed by atoms with Gasteiger partial charge >= 0.3 is 0 Å². The molecule has 6 heteroatoms. The highest BCUT2D eigenvalue weighted by molar-refractivity contribution is 5.97. The van der Waals surface area contributed by atoms with Crippen LogP contribution in [0.3, 0.4) is 0 Å². The molecule has 1 N–H and O–H groups in total. The molecule has 1 heterocycles. The van der Waals surface area contributed by atoms with Gasteiger partial charge < -0.3 is 14.4 Å². The molecule has 36 heavy (non-hydrogen) atoms. The number of rotatable bonds is 9. The van der Waals surface area contributed by atoms with Crippen molar-refractivity contribution in [2.45, 2.75) is 58.0 Å². The first-order chi connectivity index (χ1) is 17.7. The van der Waals surface area contributed by atoms with Crippen molar-refractivity contribution in [1.29, 1.82) is 0 Å². The lowest BCUT2D eigenvalue weighted by Gasteiger charge is -2.34. The summed E-state index contributed by atoms with van der Waals surface area (Å²) in [5, 5.41) is 3.39. The van der Waals surface area contributed by atoms with Crippen molar-refractivity contribution < 1.29 is 14.3 Å². The molecule has 188 valence electrons. The number of H-pyrrole nitrogens is 1. The lowest BCUT2D eigenvalue weighted by atomic mass is 9.93. The first-order valence-corrected chi connectivity index (χ1v) is 13.1. The van der Waals surface area contributed by atoms with Gasteiger partial charge in [-0.1, -0.05) is 50.5 Å². The summed E-state index contributed by atoms with van der Waals surface area (Å²) in [7, 11) is 1.64. The lowest BCUT2D eigenvalue weighted by molar-refractivity contribution is 0.0630. The molecule has 3 aromatic carbocycles. The van der Waals surface area contributed by atoms with Crippen molar-refractivity contribution in [1.82, 2.24) is 14.7 Å². The first kappa shape index (κ1) is 24.0. The van der Waals surface area contributed by atoms with Gasteiger partial charge in [-0.15, -0.1) is 0 Å².